The summed E-state index contributed by atoms with van der Waals surface area (Å²) < 4.78 is 87.0. The Hall–Kier alpha value is -4.73. The molecule has 244 valence electrons. The lowest BCUT2D eigenvalue weighted by Gasteiger charge is -2.28. The predicted octanol–water partition coefficient (Wildman–Crippen LogP) is 6.62. The summed E-state index contributed by atoms with van der Waals surface area (Å²) >= 11 is 0. The number of aromatic nitrogens is 3. The van der Waals surface area contributed by atoms with E-state index in [1.165, 1.54) is 25.3 Å². The first-order valence-electron chi connectivity index (χ1n) is 14.3. The fourth-order valence-corrected chi connectivity index (χ4v) is 6.39. The van der Waals surface area contributed by atoms with Crippen LogP contribution in [0.4, 0.5) is 34.0 Å². The summed E-state index contributed by atoms with van der Waals surface area (Å²) in [4.78, 5) is 24.2. The van der Waals surface area contributed by atoms with E-state index in [4.69, 9.17) is 9.84 Å². The highest BCUT2D eigenvalue weighted by molar-refractivity contribution is 7.92. The quantitative estimate of drug-likeness (QED) is 0.137. The third-order valence-corrected chi connectivity index (χ3v) is 8.79. The van der Waals surface area contributed by atoms with E-state index >= 15 is 4.39 Å². The van der Waals surface area contributed by atoms with Gasteiger partial charge in [0, 0.05) is 40.8 Å². The van der Waals surface area contributed by atoms with E-state index in [0.29, 0.717) is 48.3 Å². The van der Waals surface area contributed by atoms with E-state index in [1.807, 2.05) is 4.72 Å². The van der Waals surface area contributed by atoms with E-state index in [2.05, 4.69) is 25.6 Å². The van der Waals surface area contributed by atoms with Gasteiger partial charge in [-0.05, 0) is 50.8 Å². The zero-order chi connectivity index (χ0) is 33.1. The van der Waals surface area contributed by atoms with Crippen LogP contribution >= 0.6 is 0 Å². The molecule has 2 aromatic heterocycles. The second kappa shape index (κ2) is 13.3. The third kappa shape index (κ3) is 7.91. The van der Waals surface area contributed by atoms with Crippen LogP contribution in [0.25, 0.3) is 22.0 Å². The lowest BCUT2D eigenvalue weighted by molar-refractivity contribution is -0.129. The number of fused-ring (bicyclic) bond motifs is 1. The van der Waals surface area contributed by atoms with E-state index < -0.39 is 46.0 Å². The first-order chi connectivity index (χ1) is 21.8. The fraction of sp³-hybridized carbons (Fsp3) is 0.333. The van der Waals surface area contributed by atoms with Crippen LogP contribution < -0.4 is 20.1 Å². The van der Waals surface area contributed by atoms with Crippen molar-refractivity contribution in [1.82, 2.24) is 20.3 Å². The minimum absolute atomic E-state index is 0.0328. The van der Waals surface area contributed by atoms with Crippen molar-refractivity contribution in [3.63, 3.8) is 0 Å². The molecule has 0 radical (unpaired) electrons. The van der Waals surface area contributed by atoms with Gasteiger partial charge in [0.15, 0.2) is 5.82 Å². The van der Waals surface area contributed by atoms with Crippen molar-refractivity contribution in [2.24, 2.45) is 0 Å². The van der Waals surface area contributed by atoms with Gasteiger partial charge in [-0.15, -0.1) is 0 Å². The number of amides is 1. The average Bonchev–Trinajstić information content (AvgIpc) is 3.01. The Bertz CT molecular complexity index is 1850. The summed E-state index contributed by atoms with van der Waals surface area (Å²) in [7, 11) is -4.55. The second-order valence-electron chi connectivity index (χ2n) is 10.8. The monoisotopic (exact) mass is 662 g/mol. The molecular weight excluding hydrogens is 632 g/mol. The number of nitrogens with one attached hydrogen (secondary N) is 3. The van der Waals surface area contributed by atoms with E-state index in [0.717, 1.165) is 0 Å². The number of sulfonamides is 1. The predicted molar refractivity (Wildman–Crippen MR) is 163 cm³/mol. The van der Waals surface area contributed by atoms with Crippen molar-refractivity contribution < 1.29 is 40.6 Å². The molecule has 1 aliphatic carbocycles. The van der Waals surface area contributed by atoms with Gasteiger partial charge in [0.05, 0.1) is 29.1 Å². The molecule has 1 amide bonds. The van der Waals surface area contributed by atoms with Crippen molar-refractivity contribution in [2.75, 3.05) is 15.8 Å². The topological polar surface area (TPSA) is 155 Å². The van der Waals surface area contributed by atoms with Crippen molar-refractivity contribution in [1.29, 1.82) is 0 Å². The molecule has 4 aromatic rings. The van der Waals surface area contributed by atoms with Gasteiger partial charge in [-0.3, -0.25) is 4.72 Å². The summed E-state index contributed by atoms with van der Waals surface area (Å²) in [5.41, 5.74) is 0.312. The second-order valence-corrected chi connectivity index (χ2v) is 12.7. The van der Waals surface area contributed by atoms with Crippen LogP contribution in [0.2, 0.25) is 0 Å². The first-order valence-corrected chi connectivity index (χ1v) is 15.9. The Morgan fingerprint density at radius 2 is 1.70 bits per heavy atom. The van der Waals surface area contributed by atoms with E-state index in [1.54, 1.807) is 36.5 Å². The molecule has 0 aliphatic heterocycles. The number of rotatable bonds is 10. The van der Waals surface area contributed by atoms with Crippen molar-refractivity contribution in [2.45, 2.75) is 57.3 Å². The minimum atomic E-state index is -4.70. The van der Waals surface area contributed by atoms with Crippen LogP contribution in [0.1, 0.15) is 37.7 Å². The molecule has 1 fully saturated rings. The van der Waals surface area contributed by atoms with Crippen LogP contribution in [-0.4, -0.2) is 58.6 Å². The first kappa shape index (κ1) is 32.7. The Morgan fingerprint density at radius 1 is 1.00 bits per heavy atom. The highest BCUT2D eigenvalue weighted by atomic mass is 32.2. The van der Waals surface area contributed by atoms with Gasteiger partial charge in [0.1, 0.15) is 5.75 Å². The van der Waals surface area contributed by atoms with Gasteiger partial charge in [0.2, 0.25) is 21.9 Å². The number of alkyl halides is 3. The summed E-state index contributed by atoms with van der Waals surface area (Å²) in [6, 6.07) is 11.1. The number of carboxylic acid groups (broad SMARTS) is 1. The van der Waals surface area contributed by atoms with Crippen molar-refractivity contribution in [3.05, 3.63) is 66.2 Å². The van der Waals surface area contributed by atoms with Crippen molar-refractivity contribution in [3.8, 4) is 22.9 Å². The van der Waals surface area contributed by atoms with Gasteiger partial charge in [-0.2, -0.15) is 13.2 Å². The van der Waals surface area contributed by atoms with Crippen LogP contribution in [0.5, 0.6) is 11.6 Å². The Kier molecular flexibility index (Phi) is 9.46. The number of pyridine rings is 1. The molecule has 5 rings (SSSR count). The summed E-state index contributed by atoms with van der Waals surface area (Å²) in [6.45, 7) is 1.36. The maximum Gasteiger partial charge on any atom is 0.404 e. The number of benzene rings is 2. The van der Waals surface area contributed by atoms with Crippen LogP contribution in [0, 0.1) is 12.7 Å². The number of nitrogens with zero attached hydrogens (tertiary/aromatic N) is 3. The SMILES string of the molecule is Cc1c(F)c(NS(=O)(=O)CCC(F)(F)F)c2ccccc2c1Oc1ncccc1-c1ccnc(NC2CCC(NC(=O)O)CC2)n1. The lowest BCUT2D eigenvalue weighted by Crippen LogP contribution is -2.39. The number of halogens is 4. The van der Waals surface area contributed by atoms with Gasteiger partial charge in [-0.1, -0.05) is 24.3 Å². The van der Waals surface area contributed by atoms with Gasteiger partial charge < -0.3 is 20.5 Å². The average molecular weight is 663 g/mol. The van der Waals surface area contributed by atoms with Crippen LogP contribution in [-0.2, 0) is 10.0 Å². The maximum atomic E-state index is 15.8. The maximum absolute atomic E-state index is 15.8. The Labute approximate surface area is 261 Å². The number of hydrogen-bond donors (Lipinski definition) is 4. The Balaban J connectivity index is 1.42. The van der Waals surface area contributed by atoms with Gasteiger partial charge in [-0.25, -0.2) is 32.6 Å². The highest BCUT2D eigenvalue weighted by Gasteiger charge is 2.31. The fourth-order valence-electron chi connectivity index (χ4n) is 5.28. The van der Waals surface area contributed by atoms with Gasteiger partial charge >= 0.3 is 12.3 Å². The molecule has 0 bridgehead atoms. The van der Waals surface area contributed by atoms with Crippen molar-refractivity contribution >= 4 is 38.5 Å². The molecular formula is C30H30F4N6O5S. The molecule has 2 heterocycles. The number of anilines is 2. The molecule has 46 heavy (non-hydrogen) atoms. The molecule has 0 spiro atoms. The molecule has 11 nitrogen and oxygen atoms in total. The molecule has 0 saturated heterocycles. The molecule has 2 aromatic carbocycles. The number of carbonyl (C=O) groups is 1. The van der Waals surface area contributed by atoms with E-state index in [-0.39, 0.29) is 34.7 Å². The highest BCUT2D eigenvalue weighted by Crippen LogP contribution is 2.42. The molecule has 0 unspecified atom stereocenters. The summed E-state index contributed by atoms with van der Waals surface area (Å²) in [6.07, 6.45) is -1.55. The summed E-state index contributed by atoms with van der Waals surface area (Å²) in [5.74, 6) is -1.83. The molecule has 1 aliphatic rings. The largest absolute Gasteiger partial charge is 0.465 e. The molecule has 1 saturated carbocycles. The van der Waals surface area contributed by atoms with Crippen LogP contribution in [0.3, 0.4) is 0 Å². The zero-order valence-electron chi connectivity index (χ0n) is 24.4. The lowest BCUT2D eigenvalue weighted by atomic mass is 9.91. The zero-order valence-corrected chi connectivity index (χ0v) is 25.3. The van der Waals surface area contributed by atoms with Crippen LogP contribution in [0.15, 0.2) is 54.9 Å². The third-order valence-electron chi connectivity index (χ3n) is 7.53. The molecule has 16 heteroatoms. The normalized spacial score (nSPS) is 17.0. The number of ether oxygens (including phenoxy) is 1. The number of hydrogen-bond acceptors (Lipinski definition) is 8. The minimum Gasteiger partial charge on any atom is -0.465 e. The smallest absolute Gasteiger partial charge is 0.404 e. The standard InChI is InChI=1S/C30H30F4N6O5S/c1-17-24(31)25(40-46(43,44)16-13-30(32,33)34)20-5-2-3-6-21(20)26(17)45-27-22(7-4-14-35-27)23-12-15-36-28(39-23)37-18-8-10-19(11-9-18)38-29(41)42/h2-7,12,14-15,18-19,38,40H,8-11,13,16H2,1H3,(H,41,42)(H,36,37,39). The summed E-state index contributed by atoms with van der Waals surface area (Å²) in [5, 5.41) is 15.1. The van der Waals surface area contributed by atoms with Gasteiger partial charge in [0.25, 0.3) is 0 Å². The molecule has 4 N–H and O–H groups in total. The Morgan fingerprint density at radius 3 is 2.39 bits per heavy atom. The van der Waals surface area contributed by atoms with E-state index in [9.17, 15) is 26.4 Å². The molecule has 0 atom stereocenters.